The van der Waals surface area contributed by atoms with Gasteiger partial charge in [0.2, 0.25) is 0 Å². The van der Waals surface area contributed by atoms with Crippen molar-refractivity contribution in [1.29, 1.82) is 0 Å². The average Bonchev–Trinajstić information content (AvgIpc) is 3.33. The number of benzene rings is 2. The van der Waals surface area contributed by atoms with Gasteiger partial charge in [0.1, 0.15) is 11.3 Å². The molecule has 0 spiro atoms. The summed E-state index contributed by atoms with van der Waals surface area (Å²) in [6.45, 7) is 4.06. The number of ether oxygens (including phenoxy) is 1. The van der Waals surface area contributed by atoms with E-state index in [1.165, 1.54) is 18.5 Å². The van der Waals surface area contributed by atoms with Crippen LogP contribution in [0.25, 0.3) is 11.0 Å². The number of hydrogen-bond acceptors (Lipinski definition) is 5. The summed E-state index contributed by atoms with van der Waals surface area (Å²) in [5.41, 5.74) is 4.93. The third-order valence-electron chi connectivity index (χ3n) is 6.54. The minimum atomic E-state index is -0.220. The van der Waals surface area contributed by atoms with Gasteiger partial charge in [0.25, 0.3) is 0 Å². The van der Waals surface area contributed by atoms with Crippen LogP contribution >= 0.6 is 0 Å². The quantitative estimate of drug-likeness (QED) is 0.439. The standard InChI is InChI=1S/C26H27NO4/c1-17-14-25-22(20-6-2-3-7-21(20)26(29)31-25)15-24(17)30-16-23(28)18-8-10-19(11-9-18)27-12-4-5-13-27/h8-11,14-15H,2-7,12-13,16H2,1H3. The van der Waals surface area contributed by atoms with Crippen molar-refractivity contribution in [2.45, 2.75) is 45.4 Å². The van der Waals surface area contributed by atoms with E-state index in [0.717, 1.165) is 60.8 Å². The summed E-state index contributed by atoms with van der Waals surface area (Å²) in [6.07, 6.45) is 6.19. The van der Waals surface area contributed by atoms with Crippen LogP contribution in [0.2, 0.25) is 0 Å². The summed E-state index contributed by atoms with van der Waals surface area (Å²) in [7, 11) is 0. The number of carbonyl (C=O) groups is 1. The Bertz CT molecular complexity index is 1190. The lowest BCUT2D eigenvalue weighted by Gasteiger charge is -2.18. The van der Waals surface area contributed by atoms with Gasteiger partial charge in [0.05, 0.1) is 0 Å². The highest BCUT2D eigenvalue weighted by molar-refractivity contribution is 5.97. The van der Waals surface area contributed by atoms with Crippen LogP contribution in [0.4, 0.5) is 5.69 Å². The third kappa shape index (κ3) is 3.85. The molecular formula is C26H27NO4. The molecule has 1 fully saturated rings. The molecule has 1 aliphatic carbocycles. The Balaban J connectivity index is 1.35. The minimum absolute atomic E-state index is 0.0195. The Morgan fingerprint density at radius 3 is 2.45 bits per heavy atom. The fraction of sp³-hybridized carbons (Fsp3) is 0.385. The van der Waals surface area contributed by atoms with E-state index in [1.54, 1.807) is 0 Å². The van der Waals surface area contributed by atoms with Gasteiger partial charge in [0, 0.05) is 35.3 Å². The molecule has 31 heavy (non-hydrogen) atoms. The number of ketones is 1. The third-order valence-corrected chi connectivity index (χ3v) is 6.54. The SMILES string of the molecule is Cc1cc2oc(=O)c3c(c2cc1OCC(=O)c1ccc(N2CCCC2)cc1)CCCC3. The number of nitrogens with zero attached hydrogens (tertiary/aromatic N) is 1. The van der Waals surface area contributed by atoms with E-state index in [9.17, 15) is 9.59 Å². The molecule has 1 saturated heterocycles. The highest BCUT2D eigenvalue weighted by Gasteiger charge is 2.20. The van der Waals surface area contributed by atoms with Crippen molar-refractivity contribution in [3.8, 4) is 5.75 Å². The van der Waals surface area contributed by atoms with Crippen molar-refractivity contribution in [3.05, 3.63) is 69.1 Å². The van der Waals surface area contributed by atoms with Gasteiger partial charge in [-0.1, -0.05) is 0 Å². The largest absolute Gasteiger partial charge is 0.485 e. The number of Topliss-reactive ketones (excluding diaryl/α,β-unsaturated/α-hetero) is 1. The molecule has 5 nitrogen and oxygen atoms in total. The smallest absolute Gasteiger partial charge is 0.339 e. The summed E-state index contributed by atoms with van der Waals surface area (Å²) in [5.74, 6) is 0.616. The number of anilines is 1. The molecule has 1 aliphatic heterocycles. The maximum atomic E-state index is 12.7. The van der Waals surface area contributed by atoms with E-state index in [2.05, 4.69) is 4.90 Å². The molecular weight excluding hydrogens is 390 g/mol. The zero-order valence-electron chi connectivity index (χ0n) is 17.9. The second kappa shape index (κ2) is 8.22. The summed E-state index contributed by atoms with van der Waals surface area (Å²) >= 11 is 0. The maximum Gasteiger partial charge on any atom is 0.339 e. The van der Waals surface area contributed by atoms with Crippen LogP contribution in [-0.2, 0) is 12.8 Å². The van der Waals surface area contributed by atoms with Crippen molar-refractivity contribution in [2.24, 2.45) is 0 Å². The van der Waals surface area contributed by atoms with Crippen LogP contribution < -0.4 is 15.3 Å². The highest BCUT2D eigenvalue weighted by Crippen LogP contribution is 2.32. The topological polar surface area (TPSA) is 59.8 Å². The predicted molar refractivity (Wildman–Crippen MR) is 122 cm³/mol. The first-order chi connectivity index (χ1) is 15.1. The number of rotatable bonds is 5. The Labute approximate surface area is 181 Å². The molecule has 160 valence electrons. The molecule has 0 radical (unpaired) electrons. The molecule has 3 aromatic rings. The fourth-order valence-corrected chi connectivity index (χ4v) is 4.79. The molecule has 0 saturated carbocycles. The van der Waals surface area contributed by atoms with Gasteiger partial charge < -0.3 is 14.1 Å². The molecule has 2 aliphatic rings. The number of carbonyl (C=O) groups excluding carboxylic acids is 1. The Morgan fingerprint density at radius 1 is 1.00 bits per heavy atom. The van der Waals surface area contributed by atoms with Gasteiger partial charge in [-0.15, -0.1) is 0 Å². The maximum absolute atomic E-state index is 12.7. The lowest BCUT2D eigenvalue weighted by atomic mass is 9.90. The van der Waals surface area contributed by atoms with Crippen LogP contribution in [0.3, 0.4) is 0 Å². The lowest BCUT2D eigenvalue weighted by molar-refractivity contribution is 0.0921. The van der Waals surface area contributed by atoms with Crippen molar-refractivity contribution >= 4 is 22.4 Å². The zero-order chi connectivity index (χ0) is 21.4. The van der Waals surface area contributed by atoms with Crippen LogP contribution in [0.1, 0.15) is 52.7 Å². The van der Waals surface area contributed by atoms with Gasteiger partial charge in [0.15, 0.2) is 12.4 Å². The van der Waals surface area contributed by atoms with Gasteiger partial charge >= 0.3 is 5.63 Å². The highest BCUT2D eigenvalue weighted by atomic mass is 16.5. The fourth-order valence-electron chi connectivity index (χ4n) is 4.79. The minimum Gasteiger partial charge on any atom is -0.485 e. The molecule has 1 aromatic heterocycles. The number of aryl methyl sites for hydroxylation is 2. The summed E-state index contributed by atoms with van der Waals surface area (Å²) in [4.78, 5) is 27.4. The van der Waals surface area contributed by atoms with E-state index in [1.807, 2.05) is 43.3 Å². The molecule has 2 heterocycles. The summed E-state index contributed by atoms with van der Waals surface area (Å²) < 4.78 is 11.5. The van der Waals surface area contributed by atoms with Crippen LogP contribution in [0.15, 0.2) is 45.6 Å². The number of hydrogen-bond donors (Lipinski definition) is 0. The predicted octanol–water partition coefficient (Wildman–Crippen LogP) is 4.84. The van der Waals surface area contributed by atoms with Crippen molar-refractivity contribution in [3.63, 3.8) is 0 Å². The first-order valence-corrected chi connectivity index (χ1v) is 11.2. The van der Waals surface area contributed by atoms with Crippen LogP contribution in [0, 0.1) is 6.92 Å². The van der Waals surface area contributed by atoms with Crippen molar-refractivity contribution in [2.75, 3.05) is 24.6 Å². The molecule has 0 atom stereocenters. The first kappa shape index (κ1) is 19.9. The van der Waals surface area contributed by atoms with E-state index in [4.69, 9.17) is 9.15 Å². The van der Waals surface area contributed by atoms with Gasteiger partial charge in [-0.05, 0) is 93.0 Å². The van der Waals surface area contributed by atoms with Crippen LogP contribution in [-0.4, -0.2) is 25.5 Å². The normalized spacial score (nSPS) is 15.8. The average molecular weight is 418 g/mol. The van der Waals surface area contributed by atoms with E-state index in [-0.39, 0.29) is 18.0 Å². The van der Waals surface area contributed by atoms with E-state index in [0.29, 0.717) is 16.9 Å². The monoisotopic (exact) mass is 417 g/mol. The summed E-state index contributed by atoms with van der Waals surface area (Å²) in [6, 6.07) is 11.6. The van der Waals surface area contributed by atoms with Gasteiger partial charge in [-0.2, -0.15) is 0 Å². The zero-order valence-corrected chi connectivity index (χ0v) is 17.9. The van der Waals surface area contributed by atoms with Crippen molar-refractivity contribution < 1.29 is 13.9 Å². The second-order valence-electron chi connectivity index (χ2n) is 8.62. The molecule has 5 heteroatoms. The van der Waals surface area contributed by atoms with Crippen LogP contribution in [0.5, 0.6) is 5.75 Å². The van der Waals surface area contributed by atoms with Gasteiger partial charge in [-0.3, -0.25) is 4.79 Å². The molecule has 5 rings (SSSR count). The summed E-state index contributed by atoms with van der Waals surface area (Å²) in [5, 5.41) is 0.928. The Hall–Kier alpha value is -3.08. The lowest BCUT2D eigenvalue weighted by Crippen LogP contribution is -2.18. The first-order valence-electron chi connectivity index (χ1n) is 11.2. The molecule has 0 N–H and O–H groups in total. The van der Waals surface area contributed by atoms with E-state index >= 15 is 0 Å². The van der Waals surface area contributed by atoms with Gasteiger partial charge in [-0.25, -0.2) is 4.79 Å². The van der Waals surface area contributed by atoms with E-state index < -0.39 is 0 Å². The van der Waals surface area contributed by atoms with Crippen molar-refractivity contribution in [1.82, 2.24) is 0 Å². The molecule has 0 unspecified atom stereocenters. The Kier molecular flexibility index (Phi) is 5.26. The number of fused-ring (bicyclic) bond motifs is 3. The molecule has 2 aromatic carbocycles. The Morgan fingerprint density at radius 2 is 1.71 bits per heavy atom. The molecule has 0 bridgehead atoms. The second-order valence-corrected chi connectivity index (χ2v) is 8.62. The molecule has 0 amide bonds.